The highest BCUT2D eigenvalue weighted by Gasteiger charge is 2.36. The lowest BCUT2D eigenvalue weighted by atomic mass is 9.78. The van der Waals surface area contributed by atoms with Crippen LogP contribution in [0.1, 0.15) is 85.9 Å². The van der Waals surface area contributed by atoms with Crippen molar-refractivity contribution in [3.63, 3.8) is 0 Å². The number of benzene rings is 1. The standard InChI is InChI=1S/C24H39O5P/c1-11-28-30(27,12-2)29-24(9,10)20(25)14-13-17-15-18(22(3,4)5)21(26)19(16-17)23(6,7)8/h13-16,26H,11-12H2,1-10H3. The van der Waals surface area contributed by atoms with E-state index in [9.17, 15) is 14.5 Å². The molecule has 1 rings (SSSR count). The van der Waals surface area contributed by atoms with Gasteiger partial charge in [0.1, 0.15) is 11.4 Å². The summed E-state index contributed by atoms with van der Waals surface area (Å²) >= 11 is 0. The molecule has 0 aliphatic rings. The molecule has 0 bridgehead atoms. The number of hydrogen-bond acceptors (Lipinski definition) is 5. The zero-order valence-corrected chi connectivity index (χ0v) is 21.1. The summed E-state index contributed by atoms with van der Waals surface area (Å²) < 4.78 is 23.6. The average molecular weight is 439 g/mol. The number of hydrogen-bond donors (Lipinski definition) is 1. The summed E-state index contributed by atoms with van der Waals surface area (Å²) in [6.07, 6.45) is 3.36. The van der Waals surface area contributed by atoms with Gasteiger partial charge in [0.2, 0.25) is 0 Å². The van der Waals surface area contributed by atoms with Crippen LogP contribution in [0.4, 0.5) is 0 Å². The van der Waals surface area contributed by atoms with Crippen LogP contribution in [-0.4, -0.2) is 29.3 Å². The zero-order chi connectivity index (χ0) is 23.5. The van der Waals surface area contributed by atoms with Crippen LogP contribution in [0, 0.1) is 0 Å². The maximum Gasteiger partial charge on any atom is 0.331 e. The van der Waals surface area contributed by atoms with Gasteiger partial charge in [0, 0.05) is 17.3 Å². The number of aromatic hydroxyl groups is 1. The van der Waals surface area contributed by atoms with Crippen LogP contribution >= 0.6 is 7.60 Å². The molecular weight excluding hydrogens is 399 g/mol. The van der Waals surface area contributed by atoms with E-state index in [1.165, 1.54) is 6.08 Å². The SMILES string of the molecule is CCOP(=O)(CC)OC(C)(C)C(=O)C=Cc1cc(C(C)(C)C)c(O)c(C(C)(C)C)c1. The Morgan fingerprint density at radius 3 is 1.83 bits per heavy atom. The Morgan fingerprint density at radius 2 is 1.47 bits per heavy atom. The first-order chi connectivity index (χ1) is 13.5. The molecule has 1 atom stereocenters. The van der Waals surface area contributed by atoms with Crippen molar-refractivity contribution in [1.82, 2.24) is 0 Å². The second-order valence-electron chi connectivity index (χ2n) is 10.1. The van der Waals surface area contributed by atoms with Gasteiger partial charge in [0.25, 0.3) is 0 Å². The van der Waals surface area contributed by atoms with Gasteiger partial charge in [-0.2, -0.15) is 0 Å². The Hall–Kier alpha value is -1.42. The van der Waals surface area contributed by atoms with Crippen molar-refractivity contribution in [3.05, 3.63) is 34.9 Å². The average Bonchev–Trinajstić information content (AvgIpc) is 2.58. The smallest absolute Gasteiger partial charge is 0.331 e. The molecule has 1 unspecified atom stereocenters. The third-order valence-electron chi connectivity index (χ3n) is 4.85. The maximum atomic E-state index is 12.8. The van der Waals surface area contributed by atoms with Gasteiger partial charge in [0.05, 0.1) is 6.61 Å². The molecule has 170 valence electrons. The number of phenols is 1. The predicted octanol–water partition coefficient (Wildman–Crippen LogP) is 6.61. The number of ketones is 1. The van der Waals surface area contributed by atoms with Crippen LogP contribution < -0.4 is 0 Å². The molecule has 1 aromatic rings. The van der Waals surface area contributed by atoms with E-state index in [0.717, 1.165) is 16.7 Å². The highest BCUT2D eigenvalue weighted by molar-refractivity contribution is 7.53. The van der Waals surface area contributed by atoms with Gasteiger partial charge >= 0.3 is 7.60 Å². The second-order valence-corrected chi connectivity index (χ2v) is 12.4. The van der Waals surface area contributed by atoms with Gasteiger partial charge in [0.15, 0.2) is 5.78 Å². The number of carbonyl (C=O) groups excluding carboxylic acids is 1. The zero-order valence-electron chi connectivity index (χ0n) is 20.3. The highest BCUT2D eigenvalue weighted by Crippen LogP contribution is 2.51. The van der Waals surface area contributed by atoms with Crippen LogP contribution in [0.3, 0.4) is 0 Å². The summed E-state index contributed by atoms with van der Waals surface area (Å²) in [4.78, 5) is 12.8. The van der Waals surface area contributed by atoms with E-state index in [2.05, 4.69) is 0 Å². The van der Waals surface area contributed by atoms with Crippen LogP contribution in [0.5, 0.6) is 5.75 Å². The molecule has 0 saturated heterocycles. The molecule has 1 aromatic carbocycles. The largest absolute Gasteiger partial charge is 0.507 e. The minimum atomic E-state index is -3.33. The van der Waals surface area contributed by atoms with Crippen LogP contribution in [0.2, 0.25) is 0 Å². The van der Waals surface area contributed by atoms with Crippen molar-refractivity contribution < 1.29 is 23.5 Å². The third kappa shape index (κ3) is 6.80. The van der Waals surface area contributed by atoms with Gasteiger partial charge in [-0.3, -0.25) is 13.9 Å². The topological polar surface area (TPSA) is 72.8 Å². The first-order valence-electron chi connectivity index (χ1n) is 10.5. The van der Waals surface area contributed by atoms with Gasteiger partial charge in [-0.1, -0.05) is 54.5 Å². The fraction of sp³-hybridized carbons (Fsp3) is 0.625. The number of carbonyl (C=O) groups is 1. The monoisotopic (exact) mass is 438 g/mol. The maximum absolute atomic E-state index is 12.8. The lowest BCUT2D eigenvalue weighted by molar-refractivity contribution is -0.127. The van der Waals surface area contributed by atoms with E-state index in [-0.39, 0.29) is 29.4 Å². The molecule has 0 spiro atoms. The summed E-state index contributed by atoms with van der Waals surface area (Å²) in [6.45, 7) is 19.2. The van der Waals surface area contributed by atoms with E-state index in [1.807, 2.05) is 53.7 Å². The molecular formula is C24H39O5P. The van der Waals surface area contributed by atoms with E-state index in [4.69, 9.17) is 9.05 Å². The van der Waals surface area contributed by atoms with E-state index < -0.39 is 13.2 Å². The van der Waals surface area contributed by atoms with Gasteiger partial charge in [-0.05, 0) is 55.4 Å². The van der Waals surface area contributed by atoms with Crippen molar-refractivity contribution in [2.24, 2.45) is 0 Å². The Balaban J connectivity index is 3.31. The molecule has 1 N–H and O–H groups in total. The van der Waals surface area contributed by atoms with Gasteiger partial charge in [-0.25, -0.2) is 0 Å². The fourth-order valence-corrected chi connectivity index (χ4v) is 4.58. The molecule has 0 amide bonds. The lowest BCUT2D eigenvalue weighted by Crippen LogP contribution is -2.33. The molecule has 0 aliphatic heterocycles. The Kier molecular flexibility index (Phi) is 8.32. The molecule has 0 radical (unpaired) electrons. The first-order valence-corrected chi connectivity index (χ1v) is 12.2. The van der Waals surface area contributed by atoms with E-state index >= 15 is 0 Å². The van der Waals surface area contributed by atoms with Crippen molar-refractivity contribution in [2.45, 2.75) is 85.7 Å². The quantitative estimate of drug-likeness (QED) is 0.365. The Labute approximate surface area is 182 Å². The van der Waals surface area contributed by atoms with E-state index in [1.54, 1.807) is 33.8 Å². The second kappa shape index (κ2) is 9.38. The molecule has 6 heteroatoms. The minimum absolute atomic E-state index is 0.198. The fourth-order valence-electron chi connectivity index (χ4n) is 3.04. The summed E-state index contributed by atoms with van der Waals surface area (Å²) in [5.74, 6) is -0.0127. The molecule has 0 saturated carbocycles. The van der Waals surface area contributed by atoms with Gasteiger partial charge in [-0.15, -0.1) is 0 Å². The molecule has 5 nitrogen and oxygen atoms in total. The third-order valence-corrected chi connectivity index (χ3v) is 7.01. The highest BCUT2D eigenvalue weighted by atomic mass is 31.2. The molecule has 0 heterocycles. The summed E-state index contributed by atoms with van der Waals surface area (Å²) in [5.41, 5.74) is 0.661. The summed E-state index contributed by atoms with van der Waals surface area (Å²) in [7, 11) is -3.33. The Bertz CT molecular complexity index is 803. The molecule has 0 fully saturated rings. The number of phenolic OH excluding ortho intramolecular Hbond substituents is 1. The van der Waals surface area contributed by atoms with Crippen molar-refractivity contribution in [2.75, 3.05) is 12.8 Å². The molecule has 30 heavy (non-hydrogen) atoms. The minimum Gasteiger partial charge on any atom is -0.507 e. The summed E-state index contributed by atoms with van der Waals surface area (Å²) in [5, 5.41) is 10.8. The molecule has 0 aliphatic carbocycles. The van der Waals surface area contributed by atoms with Crippen LogP contribution in [0.25, 0.3) is 6.08 Å². The summed E-state index contributed by atoms with van der Waals surface area (Å²) in [6, 6.07) is 3.80. The first kappa shape index (κ1) is 26.6. The number of rotatable bonds is 8. The van der Waals surface area contributed by atoms with Crippen molar-refractivity contribution >= 4 is 19.5 Å². The normalized spacial score (nSPS) is 15.4. The van der Waals surface area contributed by atoms with Crippen LogP contribution in [-0.2, 0) is 29.2 Å². The lowest BCUT2D eigenvalue weighted by Gasteiger charge is -2.28. The molecule has 0 aromatic heterocycles. The van der Waals surface area contributed by atoms with Crippen molar-refractivity contribution in [1.29, 1.82) is 0 Å². The predicted molar refractivity (Wildman–Crippen MR) is 124 cm³/mol. The van der Waals surface area contributed by atoms with Gasteiger partial charge < -0.3 is 9.63 Å². The Morgan fingerprint density at radius 1 is 1.00 bits per heavy atom. The van der Waals surface area contributed by atoms with Crippen LogP contribution in [0.15, 0.2) is 18.2 Å². The van der Waals surface area contributed by atoms with Crippen molar-refractivity contribution in [3.8, 4) is 5.75 Å². The van der Waals surface area contributed by atoms with E-state index in [0.29, 0.717) is 5.75 Å².